The molecule has 0 aromatic heterocycles. The van der Waals surface area contributed by atoms with Crippen LogP contribution in [-0.4, -0.2) is 11.7 Å². The Morgan fingerprint density at radius 3 is 2.78 bits per heavy atom. The Bertz CT molecular complexity index is 404. The van der Waals surface area contributed by atoms with Gasteiger partial charge in [-0.1, -0.05) is 30.7 Å². The molecular formula is C16H23NO. The van der Waals surface area contributed by atoms with Crippen LogP contribution in [0.2, 0.25) is 0 Å². The molecule has 2 nitrogen and oxygen atoms in total. The van der Waals surface area contributed by atoms with E-state index in [1.54, 1.807) is 0 Å². The summed E-state index contributed by atoms with van der Waals surface area (Å²) in [4.78, 5) is 0. The van der Waals surface area contributed by atoms with E-state index in [0.717, 1.165) is 29.9 Å². The number of aliphatic hydroxyl groups is 1. The van der Waals surface area contributed by atoms with Gasteiger partial charge in [-0.25, -0.2) is 0 Å². The van der Waals surface area contributed by atoms with Gasteiger partial charge in [0.25, 0.3) is 0 Å². The van der Waals surface area contributed by atoms with Gasteiger partial charge < -0.3 is 10.4 Å². The Labute approximate surface area is 109 Å². The fourth-order valence-electron chi connectivity index (χ4n) is 3.87. The molecule has 0 radical (unpaired) electrons. The SMILES string of the molecule is OCc1cccc(CNCC2CC3CCC2C3)c1. The van der Waals surface area contributed by atoms with Crippen molar-refractivity contribution in [2.24, 2.45) is 17.8 Å². The third-order valence-electron chi connectivity index (χ3n) is 4.79. The van der Waals surface area contributed by atoms with Crippen LogP contribution in [0.5, 0.6) is 0 Å². The van der Waals surface area contributed by atoms with Crippen LogP contribution in [-0.2, 0) is 13.2 Å². The van der Waals surface area contributed by atoms with Crippen LogP contribution < -0.4 is 5.32 Å². The third-order valence-corrected chi connectivity index (χ3v) is 4.79. The van der Waals surface area contributed by atoms with Crippen molar-refractivity contribution in [1.29, 1.82) is 0 Å². The van der Waals surface area contributed by atoms with Gasteiger partial charge in [-0.05, 0) is 54.7 Å². The molecule has 0 amide bonds. The summed E-state index contributed by atoms with van der Waals surface area (Å²) in [5.41, 5.74) is 2.29. The van der Waals surface area contributed by atoms with Crippen molar-refractivity contribution in [3.05, 3.63) is 35.4 Å². The first kappa shape index (κ1) is 12.2. The summed E-state index contributed by atoms with van der Waals surface area (Å²) in [6.07, 6.45) is 5.90. The number of rotatable bonds is 5. The third kappa shape index (κ3) is 2.60. The molecule has 2 aliphatic carbocycles. The molecule has 0 aliphatic heterocycles. The Morgan fingerprint density at radius 2 is 2.06 bits per heavy atom. The van der Waals surface area contributed by atoms with Crippen molar-refractivity contribution in [1.82, 2.24) is 5.32 Å². The maximum atomic E-state index is 9.11. The number of hydrogen-bond donors (Lipinski definition) is 2. The van der Waals surface area contributed by atoms with E-state index in [4.69, 9.17) is 5.11 Å². The second-order valence-electron chi connectivity index (χ2n) is 6.04. The van der Waals surface area contributed by atoms with Crippen LogP contribution in [0.15, 0.2) is 24.3 Å². The first-order chi connectivity index (χ1) is 8.85. The quantitative estimate of drug-likeness (QED) is 0.836. The Morgan fingerprint density at radius 1 is 1.17 bits per heavy atom. The number of aliphatic hydroxyl groups excluding tert-OH is 1. The second-order valence-corrected chi connectivity index (χ2v) is 6.04. The van der Waals surface area contributed by atoms with Crippen molar-refractivity contribution >= 4 is 0 Å². The molecule has 1 aromatic rings. The molecule has 3 unspecified atom stereocenters. The monoisotopic (exact) mass is 245 g/mol. The van der Waals surface area contributed by atoms with Crippen molar-refractivity contribution < 1.29 is 5.11 Å². The molecule has 2 aliphatic rings. The van der Waals surface area contributed by atoms with Gasteiger partial charge in [-0.15, -0.1) is 0 Å². The molecule has 2 bridgehead atoms. The van der Waals surface area contributed by atoms with Crippen molar-refractivity contribution in [3.63, 3.8) is 0 Å². The van der Waals surface area contributed by atoms with Crippen LogP contribution >= 0.6 is 0 Å². The molecule has 0 saturated heterocycles. The Balaban J connectivity index is 1.46. The maximum absolute atomic E-state index is 9.11. The summed E-state index contributed by atoms with van der Waals surface area (Å²) in [6, 6.07) is 8.22. The van der Waals surface area contributed by atoms with Gasteiger partial charge in [0.1, 0.15) is 0 Å². The van der Waals surface area contributed by atoms with Gasteiger partial charge in [-0.3, -0.25) is 0 Å². The van der Waals surface area contributed by atoms with Gasteiger partial charge in [-0.2, -0.15) is 0 Å². The van der Waals surface area contributed by atoms with Crippen molar-refractivity contribution in [3.8, 4) is 0 Å². The molecule has 0 spiro atoms. The smallest absolute Gasteiger partial charge is 0.0681 e. The highest BCUT2D eigenvalue weighted by atomic mass is 16.3. The van der Waals surface area contributed by atoms with Crippen LogP contribution in [0.3, 0.4) is 0 Å². The van der Waals surface area contributed by atoms with Crippen LogP contribution in [0.1, 0.15) is 36.8 Å². The van der Waals surface area contributed by atoms with E-state index in [1.807, 2.05) is 12.1 Å². The highest BCUT2D eigenvalue weighted by molar-refractivity contribution is 5.22. The van der Waals surface area contributed by atoms with Gasteiger partial charge in [0.15, 0.2) is 0 Å². The van der Waals surface area contributed by atoms with Crippen LogP contribution in [0.25, 0.3) is 0 Å². The molecule has 2 heteroatoms. The van der Waals surface area contributed by atoms with Gasteiger partial charge in [0.05, 0.1) is 6.61 Å². The standard InChI is InChI=1S/C16H23NO/c18-11-14-3-1-2-13(6-14)9-17-10-16-8-12-4-5-15(16)7-12/h1-3,6,12,15-18H,4-5,7-11H2. The van der Waals surface area contributed by atoms with E-state index in [2.05, 4.69) is 17.4 Å². The molecule has 3 atom stereocenters. The minimum atomic E-state index is 0.139. The molecular weight excluding hydrogens is 222 g/mol. The molecule has 1 aromatic carbocycles. The predicted molar refractivity (Wildman–Crippen MR) is 73.0 cm³/mol. The van der Waals surface area contributed by atoms with E-state index >= 15 is 0 Å². The lowest BCUT2D eigenvalue weighted by Gasteiger charge is -2.22. The maximum Gasteiger partial charge on any atom is 0.0681 e. The van der Waals surface area contributed by atoms with E-state index in [9.17, 15) is 0 Å². The lowest BCUT2D eigenvalue weighted by Crippen LogP contribution is -2.26. The number of hydrogen-bond acceptors (Lipinski definition) is 2. The number of nitrogens with one attached hydrogen (secondary N) is 1. The Kier molecular flexibility index (Phi) is 3.67. The lowest BCUT2D eigenvalue weighted by atomic mass is 9.89. The molecule has 2 fully saturated rings. The van der Waals surface area contributed by atoms with E-state index in [1.165, 1.54) is 37.8 Å². The summed E-state index contributed by atoms with van der Waals surface area (Å²) < 4.78 is 0. The van der Waals surface area contributed by atoms with Gasteiger partial charge in [0.2, 0.25) is 0 Å². The van der Waals surface area contributed by atoms with E-state index in [-0.39, 0.29) is 6.61 Å². The molecule has 3 rings (SSSR count). The summed E-state index contributed by atoms with van der Waals surface area (Å²) >= 11 is 0. The first-order valence-corrected chi connectivity index (χ1v) is 7.24. The van der Waals surface area contributed by atoms with Crippen LogP contribution in [0, 0.1) is 17.8 Å². The van der Waals surface area contributed by atoms with Gasteiger partial charge in [0, 0.05) is 6.54 Å². The summed E-state index contributed by atoms with van der Waals surface area (Å²) in [5, 5.41) is 12.7. The average molecular weight is 245 g/mol. The zero-order valence-corrected chi connectivity index (χ0v) is 10.9. The largest absolute Gasteiger partial charge is 0.392 e. The highest BCUT2D eigenvalue weighted by Gasteiger charge is 2.38. The first-order valence-electron chi connectivity index (χ1n) is 7.24. The summed E-state index contributed by atoms with van der Waals surface area (Å²) in [6.45, 7) is 2.24. The highest BCUT2D eigenvalue weighted by Crippen LogP contribution is 2.47. The fourth-order valence-corrected chi connectivity index (χ4v) is 3.87. The number of benzene rings is 1. The predicted octanol–water partition coefficient (Wildman–Crippen LogP) is 2.70. The topological polar surface area (TPSA) is 32.3 Å². The number of fused-ring (bicyclic) bond motifs is 2. The van der Waals surface area contributed by atoms with E-state index in [0.29, 0.717) is 0 Å². The van der Waals surface area contributed by atoms with E-state index < -0.39 is 0 Å². The molecule has 18 heavy (non-hydrogen) atoms. The zero-order valence-electron chi connectivity index (χ0n) is 10.9. The summed E-state index contributed by atoms with van der Waals surface area (Å²) in [5.74, 6) is 2.97. The zero-order chi connectivity index (χ0) is 12.4. The Hall–Kier alpha value is -0.860. The minimum Gasteiger partial charge on any atom is -0.392 e. The average Bonchev–Trinajstić information content (AvgIpc) is 3.01. The van der Waals surface area contributed by atoms with Gasteiger partial charge >= 0.3 is 0 Å². The molecule has 0 heterocycles. The lowest BCUT2D eigenvalue weighted by molar-refractivity contribution is 0.281. The molecule has 2 saturated carbocycles. The molecule has 98 valence electrons. The fraction of sp³-hybridized carbons (Fsp3) is 0.625. The second kappa shape index (κ2) is 5.41. The summed E-state index contributed by atoms with van der Waals surface area (Å²) in [7, 11) is 0. The van der Waals surface area contributed by atoms with Crippen LogP contribution in [0.4, 0.5) is 0 Å². The molecule has 2 N–H and O–H groups in total. The van der Waals surface area contributed by atoms with Crippen molar-refractivity contribution in [2.45, 2.75) is 38.8 Å². The minimum absolute atomic E-state index is 0.139. The van der Waals surface area contributed by atoms with Crippen molar-refractivity contribution in [2.75, 3.05) is 6.54 Å². The normalized spacial score (nSPS) is 29.9.